The molecule has 0 saturated heterocycles. The molecular weight excluding hydrogens is 525 g/mol. The predicted octanol–water partition coefficient (Wildman–Crippen LogP) is 5.64. The lowest BCUT2D eigenvalue weighted by Crippen LogP contribution is -2.40. The number of rotatable bonds is 6. The molecule has 0 radical (unpaired) electrons. The Hall–Kier alpha value is -4.99. The van der Waals surface area contributed by atoms with Gasteiger partial charge in [-0.1, -0.05) is 30.3 Å². The van der Waals surface area contributed by atoms with Gasteiger partial charge >= 0.3 is 12.1 Å². The number of nitrogens with zero attached hydrogens (tertiary/aromatic N) is 1. The lowest BCUT2D eigenvalue weighted by atomic mass is 9.88. The maximum absolute atomic E-state index is 13.5. The molecule has 0 saturated carbocycles. The second-order valence-electron chi connectivity index (χ2n) is 9.37. The fourth-order valence-corrected chi connectivity index (χ4v) is 4.87. The zero-order valence-electron chi connectivity index (χ0n) is 21.0. The molecule has 1 aliphatic rings. The van der Waals surface area contributed by atoms with Gasteiger partial charge in [0.25, 0.3) is 17.7 Å². The number of halogens is 3. The first-order chi connectivity index (χ1) is 19.0. The van der Waals surface area contributed by atoms with Crippen molar-refractivity contribution in [2.24, 2.45) is 0 Å². The van der Waals surface area contributed by atoms with E-state index < -0.39 is 35.4 Å². The molecule has 0 aliphatic carbocycles. The van der Waals surface area contributed by atoms with Crippen LogP contribution in [0.4, 0.5) is 18.9 Å². The number of alkyl halides is 3. The van der Waals surface area contributed by atoms with Crippen LogP contribution in [0.15, 0.2) is 72.8 Å². The van der Waals surface area contributed by atoms with Gasteiger partial charge in [-0.15, -0.1) is 0 Å². The monoisotopic (exact) mass is 546 g/mol. The van der Waals surface area contributed by atoms with Gasteiger partial charge in [-0.2, -0.15) is 13.2 Å². The van der Waals surface area contributed by atoms with Crippen molar-refractivity contribution >= 4 is 40.2 Å². The molecule has 5 rings (SSSR count). The fourth-order valence-electron chi connectivity index (χ4n) is 4.87. The van der Waals surface area contributed by atoms with Gasteiger partial charge in [0, 0.05) is 34.0 Å². The van der Waals surface area contributed by atoms with Crippen molar-refractivity contribution in [1.82, 2.24) is 5.32 Å². The Kier molecular flexibility index (Phi) is 6.62. The second kappa shape index (κ2) is 9.96. The molecule has 2 N–H and O–H groups in total. The average Bonchev–Trinajstić information content (AvgIpc) is 2.91. The second-order valence-corrected chi connectivity index (χ2v) is 9.37. The number of hydrogen-bond acceptors (Lipinski definition) is 4. The Balaban J connectivity index is 1.51. The van der Waals surface area contributed by atoms with Crippen LogP contribution < -0.4 is 10.2 Å². The van der Waals surface area contributed by atoms with Crippen LogP contribution in [0.25, 0.3) is 10.8 Å². The smallest absolute Gasteiger partial charge is 0.416 e. The molecule has 0 unspecified atom stereocenters. The molecule has 0 aromatic heterocycles. The number of amides is 3. The minimum absolute atomic E-state index is 0.0372. The summed E-state index contributed by atoms with van der Waals surface area (Å²) < 4.78 is 39.0. The number of hydrogen-bond donors (Lipinski definition) is 2. The third kappa shape index (κ3) is 4.68. The summed E-state index contributed by atoms with van der Waals surface area (Å²) >= 11 is 0. The van der Waals surface area contributed by atoms with Crippen LogP contribution in [0.1, 0.15) is 58.1 Å². The molecule has 4 aromatic rings. The van der Waals surface area contributed by atoms with Crippen LogP contribution in [0.2, 0.25) is 0 Å². The third-order valence-corrected chi connectivity index (χ3v) is 6.72. The van der Waals surface area contributed by atoms with Gasteiger partial charge in [0.15, 0.2) is 0 Å². The van der Waals surface area contributed by atoms with Crippen LogP contribution in [0, 0.1) is 6.92 Å². The summed E-state index contributed by atoms with van der Waals surface area (Å²) in [7, 11) is 0. The van der Waals surface area contributed by atoms with Crippen molar-refractivity contribution in [1.29, 1.82) is 0 Å². The first kappa shape index (κ1) is 26.6. The highest BCUT2D eigenvalue weighted by Crippen LogP contribution is 2.36. The predicted molar refractivity (Wildman–Crippen MR) is 141 cm³/mol. The van der Waals surface area contributed by atoms with Crippen molar-refractivity contribution in [3.8, 4) is 0 Å². The van der Waals surface area contributed by atoms with E-state index in [1.165, 1.54) is 36.4 Å². The van der Waals surface area contributed by atoms with Crippen molar-refractivity contribution in [2.75, 3.05) is 11.4 Å². The Morgan fingerprint density at radius 3 is 2.12 bits per heavy atom. The van der Waals surface area contributed by atoms with Gasteiger partial charge in [0.05, 0.1) is 16.8 Å². The molecule has 10 heteroatoms. The van der Waals surface area contributed by atoms with E-state index in [1.807, 2.05) is 13.0 Å². The summed E-state index contributed by atoms with van der Waals surface area (Å²) in [5, 5.41) is 12.5. The topological polar surface area (TPSA) is 104 Å². The highest BCUT2D eigenvalue weighted by atomic mass is 19.4. The lowest BCUT2D eigenvalue weighted by Gasteiger charge is -2.28. The third-order valence-electron chi connectivity index (χ3n) is 6.72. The summed E-state index contributed by atoms with van der Waals surface area (Å²) in [6, 6.07) is 16.8. The van der Waals surface area contributed by atoms with Gasteiger partial charge in [-0.3, -0.25) is 14.4 Å². The van der Waals surface area contributed by atoms with Gasteiger partial charge in [-0.25, -0.2) is 9.69 Å². The molecular formula is C30H21F3N2O5. The molecule has 3 amide bonds. The largest absolute Gasteiger partial charge is 0.478 e. The molecule has 0 atom stereocenters. The molecule has 0 fully saturated rings. The van der Waals surface area contributed by atoms with E-state index in [1.54, 1.807) is 18.2 Å². The number of aryl methyl sites for hydroxylation is 1. The minimum atomic E-state index is -4.50. The Morgan fingerprint density at radius 1 is 0.850 bits per heavy atom. The summed E-state index contributed by atoms with van der Waals surface area (Å²) in [4.78, 5) is 53.3. The van der Waals surface area contributed by atoms with Gasteiger partial charge in [-0.05, 0) is 66.9 Å². The van der Waals surface area contributed by atoms with E-state index in [2.05, 4.69) is 5.32 Å². The van der Waals surface area contributed by atoms with Crippen LogP contribution in [-0.4, -0.2) is 35.3 Å². The molecule has 202 valence electrons. The summed E-state index contributed by atoms with van der Waals surface area (Å²) in [6.45, 7) is 1.78. The normalized spacial score (nSPS) is 13.1. The van der Waals surface area contributed by atoms with E-state index in [9.17, 15) is 37.5 Å². The number of carbonyl (C=O) groups is 4. The van der Waals surface area contributed by atoms with E-state index in [4.69, 9.17) is 0 Å². The number of carbonyl (C=O) groups excluding carboxylic acids is 3. The standard InChI is InChI=1S/C30H21F3N2O5/c1-16-4-2-7-19(14-16)35-27(37)21-9-8-20(24-23(29(39)40)11-10-22(25(21)24)28(35)38)26(36)34-13-12-17-5-3-6-18(15-17)30(31,32)33/h2-11,14-15H,12-13H2,1H3,(H,34,36)(H,39,40). The van der Waals surface area contributed by atoms with Gasteiger partial charge in [0.2, 0.25) is 0 Å². The molecule has 0 bridgehead atoms. The van der Waals surface area contributed by atoms with Gasteiger partial charge in [0.1, 0.15) is 0 Å². The molecule has 0 spiro atoms. The summed E-state index contributed by atoms with van der Waals surface area (Å²) in [5.74, 6) is -3.37. The molecule has 40 heavy (non-hydrogen) atoms. The number of imide groups is 1. The quantitative estimate of drug-likeness (QED) is 0.305. The number of carboxylic acids is 1. The Bertz CT molecular complexity index is 1710. The first-order valence-electron chi connectivity index (χ1n) is 12.2. The number of nitrogens with one attached hydrogen (secondary N) is 1. The number of aromatic carboxylic acids is 1. The van der Waals surface area contributed by atoms with Crippen molar-refractivity contribution in [2.45, 2.75) is 19.5 Å². The van der Waals surface area contributed by atoms with Gasteiger partial charge < -0.3 is 10.4 Å². The maximum Gasteiger partial charge on any atom is 0.416 e. The number of carboxylic acid groups (broad SMARTS) is 1. The lowest BCUT2D eigenvalue weighted by molar-refractivity contribution is -0.137. The SMILES string of the molecule is Cc1cccc(N2C(=O)c3ccc(C(=O)O)c4c(C(=O)NCCc5cccc(C(F)(F)F)c5)ccc(c34)C2=O)c1. The zero-order chi connectivity index (χ0) is 28.8. The van der Waals surface area contributed by atoms with Crippen molar-refractivity contribution in [3.63, 3.8) is 0 Å². The van der Waals surface area contributed by atoms with Crippen molar-refractivity contribution < 1.29 is 37.5 Å². The van der Waals surface area contributed by atoms with E-state index in [-0.39, 0.29) is 46.0 Å². The van der Waals surface area contributed by atoms with Crippen LogP contribution >= 0.6 is 0 Å². The van der Waals surface area contributed by atoms with Crippen molar-refractivity contribution in [3.05, 3.63) is 112 Å². The highest BCUT2D eigenvalue weighted by molar-refractivity contribution is 6.37. The van der Waals surface area contributed by atoms with Crippen LogP contribution in [-0.2, 0) is 12.6 Å². The van der Waals surface area contributed by atoms with E-state index in [0.29, 0.717) is 11.3 Å². The first-order valence-corrected chi connectivity index (χ1v) is 12.2. The maximum atomic E-state index is 13.5. The molecule has 4 aromatic carbocycles. The molecule has 1 aliphatic heterocycles. The number of anilines is 1. The number of benzene rings is 4. The van der Waals surface area contributed by atoms with Crippen LogP contribution in [0.5, 0.6) is 0 Å². The van der Waals surface area contributed by atoms with Crippen LogP contribution in [0.3, 0.4) is 0 Å². The minimum Gasteiger partial charge on any atom is -0.478 e. The fraction of sp³-hybridized carbons (Fsp3) is 0.133. The molecule has 7 nitrogen and oxygen atoms in total. The molecule has 1 heterocycles. The summed E-state index contributed by atoms with van der Waals surface area (Å²) in [6.07, 6.45) is -4.41. The van der Waals surface area contributed by atoms with E-state index in [0.717, 1.165) is 22.6 Å². The zero-order valence-corrected chi connectivity index (χ0v) is 21.0. The average molecular weight is 547 g/mol. The highest BCUT2D eigenvalue weighted by Gasteiger charge is 2.36. The Labute approximate surface area is 225 Å². The summed E-state index contributed by atoms with van der Waals surface area (Å²) in [5.41, 5.74) is 0.509. The van der Waals surface area contributed by atoms with E-state index >= 15 is 0 Å². The Morgan fingerprint density at radius 2 is 1.50 bits per heavy atom.